The average Bonchev–Trinajstić information content (AvgIpc) is 2.89. The number of benzene rings is 1. The quantitative estimate of drug-likeness (QED) is 0.781. The molecule has 22 heavy (non-hydrogen) atoms. The lowest BCUT2D eigenvalue weighted by Crippen LogP contribution is -2.57. The van der Waals surface area contributed by atoms with Crippen LogP contribution in [0.5, 0.6) is 0 Å². The van der Waals surface area contributed by atoms with Crippen molar-refractivity contribution < 1.29 is 13.9 Å². The number of nitrogens with zero attached hydrogens (tertiary/aromatic N) is 3. The fourth-order valence-corrected chi connectivity index (χ4v) is 2.67. The third-order valence-corrected chi connectivity index (χ3v) is 3.81. The second-order valence-corrected chi connectivity index (χ2v) is 5.21. The normalized spacial score (nSPS) is 15.0. The molecule has 2 aromatic heterocycles. The molecule has 1 aliphatic heterocycles. The molecule has 0 bridgehead atoms. The van der Waals surface area contributed by atoms with Gasteiger partial charge >= 0.3 is 6.09 Å². The number of carbonyl (C=O) groups is 1. The molecule has 1 amide bonds. The maximum Gasteiger partial charge on any atom is 0.409 e. The van der Waals surface area contributed by atoms with Crippen LogP contribution in [0.2, 0.25) is 0 Å². The van der Waals surface area contributed by atoms with E-state index in [1.54, 1.807) is 4.90 Å². The molecule has 0 radical (unpaired) electrons. The Labute approximate surface area is 125 Å². The average molecular weight is 298 g/mol. The molecule has 1 fully saturated rings. The molecular weight excluding hydrogens is 284 g/mol. The lowest BCUT2D eigenvalue weighted by molar-refractivity contribution is 0.0929. The van der Waals surface area contributed by atoms with Crippen molar-refractivity contribution in [3.63, 3.8) is 0 Å². The Morgan fingerprint density at radius 3 is 3.00 bits per heavy atom. The van der Waals surface area contributed by atoms with Crippen LogP contribution in [-0.4, -0.2) is 47.2 Å². The number of anilines is 1. The Balaban J connectivity index is 1.62. The van der Waals surface area contributed by atoms with Crippen LogP contribution in [0, 0.1) is 0 Å². The number of amides is 1. The van der Waals surface area contributed by atoms with Crippen LogP contribution in [0.25, 0.3) is 22.1 Å². The number of aromatic nitrogens is 2. The van der Waals surface area contributed by atoms with E-state index in [9.17, 15) is 4.79 Å². The summed E-state index contributed by atoms with van der Waals surface area (Å²) in [5.74, 6) is 0.649. The van der Waals surface area contributed by atoms with Crippen LogP contribution in [0.1, 0.15) is 0 Å². The van der Waals surface area contributed by atoms with Crippen LogP contribution < -0.4 is 5.32 Å². The van der Waals surface area contributed by atoms with Crippen molar-refractivity contribution in [2.75, 3.05) is 25.5 Å². The molecule has 1 saturated heterocycles. The van der Waals surface area contributed by atoms with E-state index in [4.69, 9.17) is 4.42 Å². The summed E-state index contributed by atoms with van der Waals surface area (Å²) in [5.41, 5.74) is 2.21. The summed E-state index contributed by atoms with van der Waals surface area (Å²) in [6, 6.07) is 7.88. The van der Waals surface area contributed by atoms with Gasteiger partial charge in [0.1, 0.15) is 17.4 Å². The Kier molecular flexibility index (Phi) is 2.85. The SMILES string of the molecule is COC(=O)N1CC(Nc2ncnc3c2oc2ccccc23)C1. The highest BCUT2D eigenvalue weighted by atomic mass is 16.5. The predicted molar refractivity (Wildman–Crippen MR) is 80.7 cm³/mol. The smallest absolute Gasteiger partial charge is 0.409 e. The molecule has 0 spiro atoms. The summed E-state index contributed by atoms with van der Waals surface area (Å²) < 4.78 is 10.5. The number of para-hydroxylation sites is 1. The molecule has 1 aliphatic rings. The molecule has 0 aliphatic carbocycles. The molecule has 4 rings (SSSR count). The first kappa shape index (κ1) is 12.9. The van der Waals surface area contributed by atoms with Crippen LogP contribution >= 0.6 is 0 Å². The maximum absolute atomic E-state index is 11.4. The summed E-state index contributed by atoms with van der Waals surface area (Å²) in [4.78, 5) is 21.5. The second kappa shape index (κ2) is 4.87. The zero-order chi connectivity index (χ0) is 15.1. The van der Waals surface area contributed by atoms with Gasteiger partial charge < -0.3 is 19.4 Å². The van der Waals surface area contributed by atoms with Crippen molar-refractivity contribution in [1.29, 1.82) is 0 Å². The summed E-state index contributed by atoms with van der Waals surface area (Å²) in [6.07, 6.45) is 1.21. The third-order valence-electron chi connectivity index (χ3n) is 3.81. The number of nitrogens with one attached hydrogen (secondary N) is 1. The van der Waals surface area contributed by atoms with Gasteiger partial charge in [-0.1, -0.05) is 12.1 Å². The van der Waals surface area contributed by atoms with E-state index in [1.165, 1.54) is 13.4 Å². The molecule has 3 aromatic rings. The number of fused-ring (bicyclic) bond motifs is 3. The first-order valence-electron chi connectivity index (χ1n) is 6.98. The lowest BCUT2D eigenvalue weighted by atomic mass is 10.1. The van der Waals surface area contributed by atoms with E-state index >= 15 is 0 Å². The number of hydrogen-bond donors (Lipinski definition) is 1. The predicted octanol–water partition coefficient (Wildman–Crippen LogP) is 2.24. The van der Waals surface area contributed by atoms with Gasteiger partial charge in [0.25, 0.3) is 0 Å². The topological polar surface area (TPSA) is 80.5 Å². The van der Waals surface area contributed by atoms with E-state index in [0.717, 1.165) is 16.5 Å². The Morgan fingerprint density at radius 2 is 2.18 bits per heavy atom. The van der Waals surface area contributed by atoms with E-state index in [0.29, 0.717) is 24.5 Å². The van der Waals surface area contributed by atoms with Crippen molar-refractivity contribution in [1.82, 2.24) is 14.9 Å². The monoisotopic (exact) mass is 298 g/mol. The number of rotatable bonds is 2. The number of ether oxygens (including phenoxy) is 1. The highest BCUT2D eigenvalue weighted by Crippen LogP contribution is 2.31. The molecule has 1 aromatic carbocycles. The minimum absolute atomic E-state index is 0.130. The fourth-order valence-electron chi connectivity index (χ4n) is 2.67. The Morgan fingerprint density at radius 1 is 1.36 bits per heavy atom. The molecule has 112 valence electrons. The molecule has 0 atom stereocenters. The van der Waals surface area contributed by atoms with Crippen LogP contribution in [0.15, 0.2) is 35.0 Å². The Hall–Kier alpha value is -2.83. The van der Waals surface area contributed by atoms with Crippen molar-refractivity contribution in [2.45, 2.75) is 6.04 Å². The van der Waals surface area contributed by atoms with E-state index in [2.05, 4.69) is 20.0 Å². The van der Waals surface area contributed by atoms with Gasteiger partial charge in [0.2, 0.25) is 0 Å². The second-order valence-electron chi connectivity index (χ2n) is 5.21. The highest BCUT2D eigenvalue weighted by molar-refractivity contribution is 6.05. The van der Waals surface area contributed by atoms with Gasteiger partial charge in [0.05, 0.1) is 13.2 Å². The van der Waals surface area contributed by atoms with Crippen molar-refractivity contribution in [3.8, 4) is 0 Å². The zero-order valence-corrected chi connectivity index (χ0v) is 11.9. The van der Waals surface area contributed by atoms with Gasteiger partial charge in [-0.25, -0.2) is 14.8 Å². The van der Waals surface area contributed by atoms with Crippen LogP contribution in [-0.2, 0) is 4.74 Å². The molecule has 0 saturated carbocycles. The zero-order valence-electron chi connectivity index (χ0n) is 11.9. The molecule has 0 unspecified atom stereocenters. The molecule has 3 heterocycles. The van der Waals surface area contributed by atoms with Gasteiger partial charge in [0, 0.05) is 18.5 Å². The van der Waals surface area contributed by atoms with Gasteiger partial charge in [-0.3, -0.25) is 0 Å². The summed E-state index contributed by atoms with van der Waals surface area (Å²) in [6.45, 7) is 1.16. The van der Waals surface area contributed by atoms with Crippen molar-refractivity contribution in [3.05, 3.63) is 30.6 Å². The number of furan rings is 1. The van der Waals surface area contributed by atoms with Crippen LogP contribution in [0.3, 0.4) is 0 Å². The minimum atomic E-state index is -0.311. The lowest BCUT2D eigenvalue weighted by Gasteiger charge is -2.38. The van der Waals surface area contributed by atoms with Gasteiger partial charge in [-0.05, 0) is 12.1 Å². The Bertz CT molecular complexity index is 854. The van der Waals surface area contributed by atoms with Gasteiger partial charge in [-0.2, -0.15) is 0 Å². The van der Waals surface area contributed by atoms with E-state index in [1.807, 2.05) is 24.3 Å². The summed E-state index contributed by atoms with van der Waals surface area (Å²) >= 11 is 0. The molecule has 7 nitrogen and oxygen atoms in total. The van der Waals surface area contributed by atoms with E-state index in [-0.39, 0.29) is 12.1 Å². The van der Waals surface area contributed by atoms with E-state index < -0.39 is 0 Å². The summed E-state index contributed by atoms with van der Waals surface area (Å²) in [5, 5.41) is 4.26. The number of carbonyl (C=O) groups excluding carboxylic acids is 1. The number of methoxy groups -OCH3 is 1. The van der Waals surface area contributed by atoms with Crippen LogP contribution in [0.4, 0.5) is 10.6 Å². The van der Waals surface area contributed by atoms with Crippen molar-refractivity contribution >= 4 is 34.0 Å². The minimum Gasteiger partial charge on any atom is -0.453 e. The standard InChI is InChI=1S/C15H14N4O3/c1-21-15(20)19-6-9(7-19)18-14-13-12(16-8-17-14)10-4-2-3-5-11(10)22-13/h2-5,8-9H,6-7H2,1H3,(H,16,17,18). The maximum atomic E-state index is 11.4. The van der Waals surface area contributed by atoms with Crippen molar-refractivity contribution in [2.24, 2.45) is 0 Å². The molecule has 1 N–H and O–H groups in total. The fraction of sp³-hybridized carbons (Fsp3) is 0.267. The number of hydrogen-bond acceptors (Lipinski definition) is 6. The summed E-state index contributed by atoms with van der Waals surface area (Å²) in [7, 11) is 1.38. The highest BCUT2D eigenvalue weighted by Gasteiger charge is 2.32. The largest absolute Gasteiger partial charge is 0.453 e. The third kappa shape index (κ3) is 1.93. The first-order valence-corrected chi connectivity index (χ1v) is 6.98. The first-order chi connectivity index (χ1) is 10.8. The molecular formula is C15H14N4O3. The molecule has 7 heteroatoms. The van der Waals surface area contributed by atoms with Gasteiger partial charge in [0.15, 0.2) is 11.4 Å². The van der Waals surface area contributed by atoms with Gasteiger partial charge in [-0.15, -0.1) is 0 Å². The number of likely N-dealkylation sites (tertiary alicyclic amines) is 1.